The lowest BCUT2D eigenvalue weighted by Crippen LogP contribution is -2.63. The van der Waals surface area contributed by atoms with Crippen LogP contribution < -0.4 is 0 Å². The minimum absolute atomic E-state index is 0.268. The van der Waals surface area contributed by atoms with E-state index in [9.17, 15) is 19.2 Å². The molecular weight excluding hydrogens is 472 g/mol. The summed E-state index contributed by atoms with van der Waals surface area (Å²) in [6.07, 6.45) is 5.99. The van der Waals surface area contributed by atoms with Gasteiger partial charge in [0, 0.05) is 34.3 Å². The van der Waals surface area contributed by atoms with Gasteiger partial charge in [-0.2, -0.15) is 0 Å². The van der Waals surface area contributed by atoms with Crippen molar-refractivity contribution >= 4 is 23.9 Å². The standard InChI is InChI=1S/C26H44O10/c1-6-7-8-9-10-11-12-13-14-15-16-31-26-25(35-21(5)30)24(34-20(4)29)23(33-19(3)28)22(36-26)17-32-18(2)27/h22-26H,6-17H2,1-5H3/t22-,23-,24+,25-,26-/m1/s1. The highest BCUT2D eigenvalue weighted by Crippen LogP contribution is 2.30. The Morgan fingerprint density at radius 1 is 0.611 bits per heavy atom. The zero-order valence-electron chi connectivity index (χ0n) is 22.5. The number of hydrogen-bond acceptors (Lipinski definition) is 10. The number of carbonyl (C=O) groups excluding carboxylic acids is 4. The molecule has 0 amide bonds. The van der Waals surface area contributed by atoms with Crippen molar-refractivity contribution in [3.05, 3.63) is 0 Å². The fraction of sp³-hybridized carbons (Fsp3) is 0.846. The van der Waals surface area contributed by atoms with Crippen LogP contribution in [0.2, 0.25) is 0 Å². The van der Waals surface area contributed by atoms with Gasteiger partial charge in [0.25, 0.3) is 0 Å². The first-order chi connectivity index (χ1) is 17.1. The van der Waals surface area contributed by atoms with Crippen molar-refractivity contribution in [3.63, 3.8) is 0 Å². The summed E-state index contributed by atoms with van der Waals surface area (Å²) in [6, 6.07) is 0. The van der Waals surface area contributed by atoms with Crippen LogP contribution in [0.5, 0.6) is 0 Å². The quantitative estimate of drug-likeness (QED) is 0.159. The number of rotatable bonds is 17. The van der Waals surface area contributed by atoms with Crippen LogP contribution in [0.15, 0.2) is 0 Å². The summed E-state index contributed by atoms with van der Waals surface area (Å²) < 4.78 is 33.0. The third-order valence-corrected chi connectivity index (χ3v) is 5.73. The maximum atomic E-state index is 11.8. The summed E-state index contributed by atoms with van der Waals surface area (Å²) in [5.41, 5.74) is 0. The van der Waals surface area contributed by atoms with E-state index in [1.807, 2.05) is 0 Å². The molecule has 1 rings (SSSR count). The first-order valence-electron chi connectivity index (χ1n) is 13.1. The van der Waals surface area contributed by atoms with Gasteiger partial charge in [-0.1, -0.05) is 64.7 Å². The molecule has 0 spiro atoms. The third kappa shape index (κ3) is 13.2. The van der Waals surface area contributed by atoms with Crippen molar-refractivity contribution in [1.29, 1.82) is 0 Å². The maximum absolute atomic E-state index is 11.8. The Labute approximate surface area is 214 Å². The van der Waals surface area contributed by atoms with Crippen molar-refractivity contribution in [1.82, 2.24) is 0 Å². The second-order valence-corrected chi connectivity index (χ2v) is 9.12. The molecule has 0 aromatic heterocycles. The summed E-state index contributed by atoms with van der Waals surface area (Å²) >= 11 is 0. The molecule has 1 aliphatic rings. The van der Waals surface area contributed by atoms with E-state index in [4.69, 9.17) is 28.4 Å². The Hall–Kier alpha value is -2.20. The van der Waals surface area contributed by atoms with Gasteiger partial charge in [-0.05, 0) is 6.42 Å². The molecule has 0 unspecified atom stereocenters. The van der Waals surface area contributed by atoms with Crippen LogP contribution in [0.25, 0.3) is 0 Å². The van der Waals surface area contributed by atoms with Gasteiger partial charge >= 0.3 is 23.9 Å². The van der Waals surface area contributed by atoms with E-state index in [0.29, 0.717) is 6.61 Å². The van der Waals surface area contributed by atoms with Crippen molar-refractivity contribution < 1.29 is 47.6 Å². The molecule has 0 bridgehead atoms. The number of esters is 4. The smallest absolute Gasteiger partial charge is 0.303 e. The third-order valence-electron chi connectivity index (χ3n) is 5.73. The molecule has 0 radical (unpaired) electrons. The predicted molar refractivity (Wildman–Crippen MR) is 130 cm³/mol. The lowest BCUT2D eigenvalue weighted by Gasteiger charge is -2.44. The minimum atomic E-state index is -1.21. The summed E-state index contributed by atoms with van der Waals surface area (Å²) in [6.45, 7) is 7.07. The molecule has 1 aliphatic heterocycles. The molecule has 0 saturated carbocycles. The maximum Gasteiger partial charge on any atom is 0.303 e. The first-order valence-corrected chi connectivity index (χ1v) is 13.1. The van der Waals surface area contributed by atoms with E-state index in [0.717, 1.165) is 19.3 Å². The monoisotopic (exact) mass is 516 g/mol. The lowest BCUT2D eigenvalue weighted by molar-refractivity contribution is -0.308. The molecule has 1 fully saturated rings. The molecule has 0 aromatic rings. The minimum Gasteiger partial charge on any atom is -0.463 e. The molecule has 0 aromatic carbocycles. The summed E-state index contributed by atoms with van der Waals surface area (Å²) in [4.78, 5) is 46.8. The van der Waals surface area contributed by atoms with Crippen molar-refractivity contribution in [3.8, 4) is 0 Å². The summed E-state index contributed by atoms with van der Waals surface area (Å²) in [7, 11) is 0. The zero-order chi connectivity index (χ0) is 26.9. The van der Waals surface area contributed by atoms with Crippen LogP contribution in [0.4, 0.5) is 0 Å². The van der Waals surface area contributed by atoms with Crippen LogP contribution in [0.1, 0.15) is 98.8 Å². The van der Waals surface area contributed by atoms with E-state index < -0.39 is 54.6 Å². The van der Waals surface area contributed by atoms with Crippen molar-refractivity contribution in [2.45, 2.75) is 130 Å². The van der Waals surface area contributed by atoms with Gasteiger partial charge in [-0.25, -0.2) is 0 Å². The van der Waals surface area contributed by atoms with Gasteiger partial charge < -0.3 is 28.4 Å². The van der Waals surface area contributed by atoms with Crippen LogP contribution in [0.3, 0.4) is 0 Å². The highest BCUT2D eigenvalue weighted by atomic mass is 16.7. The molecule has 0 aliphatic carbocycles. The number of ether oxygens (including phenoxy) is 6. The lowest BCUT2D eigenvalue weighted by atomic mass is 9.98. The van der Waals surface area contributed by atoms with E-state index in [2.05, 4.69) is 6.92 Å². The summed E-state index contributed by atoms with van der Waals surface area (Å²) in [5, 5.41) is 0. The van der Waals surface area contributed by atoms with E-state index in [1.54, 1.807) is 0 Å². The van der Waals surface area contributed by atoms with Crippen LogP contribution in [0, 0.1) is 0 Å². The van der Waals surface area contributed by atoms with Crippen LogP contribution in [-0.4, -0.2) is 67.8 Å². The first kappa shape index (κ1) is 31.8. The van der Waals surface area contributed by atoms with E-state index >= 15 is 0 Å². The number of unbranched alkanes of at least 4 members (excludes halogenated alkanes) is 9. The second-order valence-electron chi connectivity index (χ2n) is 9.12. The second kappa shape index (κ2) is 18.1. The van der Waals surface area contributed by atoms with Gasteiger partial charge in [0.2, 0.25) is 0 Å². The molecule has 1 saturated heterocycles. The average molecular weight is 517 g/mol. The van der Waals surface area contributed by atoms with Crippen molar-refractivity contribution in [2.24, 2.45) is 0 Å². The van der Waals surface area contributed by atoms with Crippen LogP contribution in [-0.2, 0) is 47.6 Å². The zero-order valence-corrected chi connectivity index (χ0v) is 22.5. The SMILES string of the molecule is CCCCCCCCCCCCO[C@@H]1O[C@H](COC(C)=O)[C@@H](OC(C)=O)[C@H](OC(C)=O)[C@H]1OC(C)=O. The fourth-order valence-corrected chi connectivity index (χ4v) is 4.11. The molecule has 0 N–H and O–H groups in total. The number of carbonyl (C=O) groups is 4. The Kier molecular flexibility index (Phi) is 16.0. The molecule has 10 heteroatoms. The molecule has 1 heterocycles. The van der Waals surface area contributed by atoms with Gasteiger partial charge in [0.15, 0.2) is 24.6 Å². The Bertz CT molecular complexity index is 680. The highest BCUT2D eigenvalue weighted by molar-refractivity contribution is 5.68. The highest BCUT2D eigenvalue weighted by Gasteiger charge is 2.52. The predicted octanol–water partition coefficient (Wildman–Crippen LogP) is 4.01. The summed E-state index contributed by atoms with van der Waals surface area (Å²) in [5.74, 6) is -2.54. The van der Waals surface area contributed by atoms with Gasteiger partial charge in [-0.15, -0.1) is 0 Å². The molecule has 36 heavy (non-hydrogen) atoms. The normalized spacial score (nSPS) is 23.5. The van der Waals surface area contributed by atoms with Gasteiger partial charge in [-0.3, -0.25) is 19.2 Å². The Balaban J connectivity index is 2.77. The molecule has 5 atom stereocenters. The van der Waals surface area contributed by atoms with Gasteiger partial charge in [0.05, 0.1) is 0 Å². The topological polar surface area (TPSA) is 124 Å². The Morgan fingerprint density at radius 2 is 1.08 bits per heavy atom. The van der Waals surface area contributed by atoms with Crippen LogP contribution >= 0.6 is 0 Å². The fourth-order valence-electron chi connectivity index (χ4n) is 4.11. The largest absolute Gasteiger partial charge is 0.463 e. The van der Waals surface area contributed by atoms with Gasteiger partial charge in [0.1, 0.15) is 12.7 Å². The Morgan fingerprint density at radius 3 is 1.58 bits per heavy atom. The van der Waals surface area contributed by atoms with Crippen molar-refractivity contribution in [2.75, 3.05) is 13.2 Å². The van der Waals surface area contributed by atoms with E-state index in [-0.39, 0.29) is 6.61 Å². The molecule has 208 valence electrons. The molecular formula is C26H44O10. The molecule has 10 nitrogen and oxygen atoms in total. The number of hydrogen-bond donors (Lipinski definition) is 0. The average Bonchev–Trinajstić information content (AvgIpc) is 2.78. The van der Waals surface area contributed by atoms with E-state index in [1.165, 1.54) is 72.6 Å².